The van der Waals surface area contributed by atoms with Gasteiger partial charge in [-0.25, -0.2) is 8.42 Å². The van der Waals surface area contributed by atoms with Gasteiger partial charge in [0.15, 0.2) is 9.84 Å². The van der Waals surface area contributed by atoms with E-state index in [0.29, 0.717) is 24.3 Å². The van der Waals surface area contributed by atoms with Gasteiger partial charge >= 0.3 is 0 Å². The Morgan fingerprint density at radius 2 is 1.05 bits per heavy atom. The number of methoxy groups -OCH3 is 1. The van der Waals surface area contributed by atoms with E-state index in [0.717, 1.165) is 0 Å². The monoisotopic (exact) mass is 670 g/mol. The van der Waals surface area contributed by atoms with Crippen LogP contribution in [0.4, 0.5) is 0 Å². The molecule has 40 heavy (non-hydrogen) atoms. The van der Waals surface area contributed by atoms with Gasteiger partial charge in [0, 0.05) is 66.0 Å². The molecule has 0 N–H and O–H groups in total. The summed E-state index contributed by atoms with van der Waals surface area (Å²) in [6.45, 7) is 23.0. The van der Waals surface area contributed by atoms with Gasteiger partial charge in [0.1, 0.15) is 0 Å². The Hall–Kier alpha value is 0.814. The van der Waals surface area contributed by atoms with Crippen molar-refractivity contribution in [3.63, 3.8) is 0 Å². The summed E-state index contributed by atoms with van der Waals surface area (Å²) in [6, 6.07) is 0. The average molecular weight is 671 g/mol. The Morgan fingerprint density at radius 3 is 1.23 bits per heavy atom. The zero-order chi connectivity index (χ0) is 31.3. The third-order valence-electron chi connectivity index (χ3n) is 5.80. The topological polar surface area (TPSA) is 59.6 Å². The predicted molar refractivity (Wildman–Crippen MR) is 176 cm³/mol. The van der Waals surface area contributed by atoms with Crippen molar-refractivity contribution < 1.29 is 45.9 Å². The summed E-state index contributed by atoms with van der Waals surface area (Å²) in [4.78, 5) is 11.3. The second-order valence-electron chi connectivity index (χ2n) is 10.0. The van der Waals surface area contributed by atoms with Crippen LogP contribution in [0.3, 0.4) is 0 Å². The van der Waals surface area contributed by atoms with Crippen LogP contribution < -0.4 is 0 Å². The van der Waals surface area contributed by atoms with E-state index in [-0.39, 0.29) is 38.8 Å². The van der Waals surface area contributed by atoms with E-state index in [9.17, 15) is 8.42 Å². The fraction of sp³-hybridized carbons (Fsp3) is 0.933. The van der Waals surface area contributed by atoms with Gasteiger partial charge in [-0.05, 0) is 88.2 Å². The van der Waals surface area contributed by atoms with Gasteiger partial charge in [-0.3, -0.25) is 0 Å². The van der Waals surface area contributed by atoms with Crippen molar-refractivity contribution in [3.8, 4) is 0 Å². The van der Waals surface area contributed by atoms with E-state index < -0.39 is 9.84 Å². The molecular weight excluding hydrogens is 599 g/mol. The molecule has 0 amide bonds. The van der Waals surface area contributed by atoms with E-state index in [1.54, 1.807) is 14.0 Å². The first-order valence-electron chi connectivity index (χ1n) is 15.1. The molecule has 0 aliphatic carbocycles. The van der Waals surface area contributed by atoms with Gasteiger partial charge in [-0.1, -0.05) is 27.7 Å². The predicted octanol–water partition coefficient (Wildman–Crippen LogP) is 3.99. The Bertz CT molecular complexity index is 527. The second kappa shape index (κ2) is 36.0. The molecule has 4 saturated heterocycles. The Morgan fingerprint density at radius 1 is 0.725 bits per heavy atom. The van der Waals surface area contributed by atoms with Gasteiger partial charge in [0.05, 0.1) is 17.6 Å². The van der Waals surface area contributed by atoms with Crippen molar-refractivity contribution in [3.05, 3.63) is 13.3 Å². The van der Waals surface area contributed by atoms with Crippen molar-refractivity contribution >= 4 is 9.84 Å². The number of hydrogen-bond acceptors (Lipinski definition) is 8. The Labute approximate surface area is 278 Å². The molecule has 4 rings (SSSR count). The molecule has 4 fully saturated rings. The van der Waals surface area contributed by atoms with Crippen molar-refractivity contribution in [1.82, 2.24) is 24.5 Å². The molecule has 4 heterocycles. The number of likely N-dealkylation sites (N-methyl/N-ethyl adjacent to an activating group) is 2. The zero-order valence-electron chi connectivity index (χ0n) is 29.2. The summed E-state index contributed by atoms with van der Waals surface area (Å²) in [5, 5.41) is 0. The van der Waals surface area contributed by atoms with E-state index in [2.05, 4.69) is 61.1 Å². The fourth-order valence-corrected chi connectivity index (χ4v) is 4.65. The number of ether oxygens (including phenoxy) is 1. The average Bonchev–Trinajstić information content (AvgIpc) is 3.40. The van der Waals surface area contributed by atoms with Crippen molar-refractivity contribution in [2.75, 3.05) is 120 Å². The number of piperazine rings is 1. The molecule has 4 aliphatic rings. The van der Waals surface area contributed by atoms with Gasteiger partial charge in [-0.2, -0.15) is 13.3 Å². The summed E-state index contributed by atoms with van der Waals surface area (Å²) in [5.74, 6) is 0.594. The van der Waals surface area contributed by atoms with E-state index in [1.807, 2.05) is 53.7 Å². The fourth-order valence-electron chi connectivity index (χ4n) is 3.20. The SMILES string of the molecule is CC.CC.CN(C)C.CN1CCC1.CN1CCN(C)CC1.CN1C[CH-]CC1.COC1CCS(=O)(=O)CC1.[CH2-]C.[Y]. The van der Waals surface area contributed by atoms with E-state index in [1.165, 1.54) is 65.2 Å². The van der Waals surface area contributed by atoms with Crippen LogP contribution in [-0.4, -0.2) is 159 Å². The molecule has 1 radical (unpaired) electrons. The maximum atomic E-state index is 10.9. The van der Waals surface area contributed by atoms with Crippen LogP contribution in [0.5, 0.6) is 0 Å². The minimum absolute atomic E-state index is 0. The summed E-state index contributed by atoms with van der Waals surface area (Å²) in [6.07, 6.45) is 6.51. The van der Waals surface area contributed by atoms with Crippen LogP contribution in [0.25, 0.3) is 0 Å². The minimum Gasteiger partial charge on any atom is -0.381 e. The summed E-state index contributed by atoms with van der Waals surface area (Å²) in [5.41, 5.74) is 0. The van der Waals surface area contributed by atoms with Gasteiger partial charge in [-0.15, -0.1) is 6.54 Å². The first-order chi connectivity index (χ1) is 18.4. The Kier molecular flexibility index (Phi) is 45.4. The molecule has 0 atom stereocenters. The van der Waals surface area contributed by atoms with Gasteiger partial charge < -0.3 is 42.6 Å². The minimum atomic E-state index is -2.71. The first kappa shape index (κ1) is 50.4. The second-order valence-corrected chi connectivity index (χ2v) is 12.3. The third kappa shape index (κ3) is 38.8. The summed E-state index contributed by atoms with van der Waals surface area (Å²) >= 11 is 0. The number of rotatable bonds is 1. The van der Waals surface area contributed by atoms with Crippen LogP contribution in [0, 0.1) is 13.3 Å². The molecule has 0 bridgehead atoms. The molecule has 4 aliphatic heterocycles. The maximum Gasteiger partial charge on any atom is 0.150 e. The van der Waals surface area contributed by atoms with Crippen LogP contribution in [0.1, 0.15) is 60.3 Å². The van der Waals surface area contributed by atoms with Crippen LogP contribution in [-0.2, 0) is 47.3 Å². The standard InChI is InChI=1S/C6H14N2.C6H12O3S.C5H10N.C4H9N.C3H9N.2C2H6.C2H5.Y/c1-7-3-5-8(2)6-4-7;1-9-6-2-4-10(7,8)5-3-6;1-6-4-2-3-5-6;1-5-3-2-4-5;1-4(2)3;3*1-2;/h3-6H2,1-2H3;6H,2-5H2,1H3;2H,3-5H2,1H3;2-4H2,1H3;1-3H3;2*1-2H3;1H2,2H3;/q;;-1;;;;;-1;. The van der Waals surface area contributed by atoms with E-state index >= 15 is 0 Å². The smallest absolute Gasteiger partial charge is 0.150 e. The number of likely N-dealkylation sites (tertiary alicyclic amines) is 2. The maximum absolute atomic E-state index is 10.9. The van der Waals surface area contributed by atoms with Crippen molar-refractivity contribution in [1.29, 1.82) is 0 Å². The summed E-state index contributed by atoms with van der Waals surface area (Å²) < 4.78 is 26.7. The molecule has 8 nitrogen and oxygen atoms in total. The molecule has 0 aromatic rings. The van der Waals surface area contributed by atoms with Gasteiger partial charge in [0.2, 0.25) is 0 Å². The van der Waals surface area contributed by atoms with E-state index in [4.69, 9.17) is 4.74 Å². The first-order valence-corrected chi connectivity index (χ1v) is 16.9. The van der Waals surface area contributed by atoms with Crippen molar-refractivity contribution in [2.24, 2.45) is 0 Å². The van der Waals surface area contributed by atoms with Gasteiger partial charge in [0.25, 0.3) is 0 Å². The number of hydrogen-bond donors (Lipinski definition) is 0. The zero-order valence-corrected chi connectivity index (χ0v) is 32.9. The van der Waals surface area contributed by atoms with Crippen LogP contribution in [0.15, 0.2) is 0 Å². The molecule has 0 spiro atoms. The largest absolute Gasteiger partial charge is 0.381 e. The van der Waals surface area contributed by atoms with Crippen LogP contribution >= 0.6 is 0 Å². The third-order valence-corrected chi connectivity index (χ3v) is 7.51. The quantitative estimate of drug-likeness (QED) is 0.389. The molecule has 0 saturated carbocycles. The molecule has 0 aromatic heterocycles. The number of sulfone groups is 1. The van der Waals surface area contributed by atoms with Crippen molar-refractivity contribution in [2.45, 2.75) is 66.4 Å². The summed E-state index contributed by atoms with van der Waals surface area (Å²) in [7, 11) is 13.6. The molecule has 245 valence electrons. The molecule has 0 unspecified atom stereocenters. The number of nitrogens with zero attached hydrogens (tertiary/aromatic N) is 5. The van der Waals surface area contributed by atoms with Crippen LogP contribution in [0.2, 0.25) is 0 Å². The molecule has 0 aromatic carbocycles. The molecular formula is C30H71N5O3SY-2. The normalized spacial score (nSPS) is 20.3. The Balaban J connectivity index is -0.000000124. The molecule has 10 heteroatoms.